The molecule has 33 heavy (non-hydrogen) atoms. The molecule has 5 rings (SSSR count). The van der Waals surface area contributed by atoms with Crippen molar-refractivity contribution in [3.8, 4) is 5.69 Å². The number of rotatable bonds is 6. The van der Waals surface area contributed by atoms with Crippen LogP contribution >= 0.6 is 23.1 Å². The maximum absolute atomic E-state index is 14.0. The fourth-order valence-corrected chi connectivity index (χ4v) is 6.42. The first-order valence-electron chi connectivity index (χ1n) is 11.4. The van der Waals surface area contributed by atoms with Crippen LogP contribution in [0.25, 0.3) is 15.9 Å². The van der Waals surface area contributed by atoms with Crippen molar-refractivity contribution in [1.29, 1.82) is 0 Å². The summed E-state index contributed by atoms with van der Waals surface area (Å²) in [6.07, 6.45) is 1.85. The van der Waals surface area contributed by atoms with Crippen LogP contribution in [0.15, 0.2) is 64.5 Å². The second kappa shape index (κ2) is 9.45. The van der Waals surface area contributed by atoms with Crippen LogP contribution in [0.4, 0.5) is 0 Å². The Morgan fingerprint density at radius 2 is 1.91 bits per heavy atom. The molecule has 2 aromatic carbocycles. The van der Waals surface area contributed by atoms with Gasteiger partial charge in [-0.2, -0.15) is 0 Å². The van der Waals surface area contributed by atoms with Crippen molar-refractivity contribution in [2.24, 2.45) is 5.92 Å². The predicted octanol–water partition coefficient (Wildman–Crippen LogP) is 6.19. The van der Waals surface area contributed by atoms with Gasteiger partial charge in [0.05, 0.1) is 23.8 Å². The Bertz CT molecular complexity index is 1320. The molecule has 3 heterocycles. The number of hydrogen-bond donors (Lipinski definition) is 0. The van der Waals surface area contributed by atoms with E-state index in [9.17, 15) is 4.79 Å². The van der Waals surface area contributed by atoms with Crippen molar-refractivity contribution in [2.45, 2.75) is 51.5 Å². The SMILES string of the molecule is Cc1ccc(-n2c(SCCc3ccccc3)nc3sc4c(c3c2=O)CC(C(C)C)OC4)cc1. The number of hydrogen-bond acceptors (Lipinski definition) is 5. The lowest BCUT2D eigenvalue weighted by Crippen LogP contribution is -2.28. The van der Waals surface area contributed by atoms with Gasteiger partial charge in [-0.1, -0.05) is 73.6 Å². The van der Waals surface area contributed by atoms with Crippen molar-refractivity contribution in [3.05, 3.63) is 86.5 Å². The van der Waals surface area contributed by atoms with Gasteiger partial charge in [0.25, 0.3) is 5.56 Å². The highest BCUT2D eigenvalue weighted by Crippen LogP contribution is 2.36. The molecule has 4 aromatic rings. The smallest absolute Gasteiger partial charge is 0.267 e. The van der Waals surface area contributed by atoms with E-state index in [4.69, 9.17) is 9.72 Å². The van der Waals surface area contributed by atoms with Gasteiger partial charge in [-0.25, -0.2) is 4.98 Å². The molecular formula is C27H28N2O2S2. The van der Waals surface area contributed by atoms with E-state index in [2.05, 4.69) is 57.2 Å². The van der Waals surface area contributed by atoms with Crippen LogP contribution < -0.4 is 5.56 Å². The Kier molecular flexibility index (Phi) is 6.41. The Hall–Kier alpha value is -2.41. The first-order chi connectivity index (χ1) is 16.0. The largest absolute Gasteiger partial charge is 0.372 e. The van der Waals surface area contributed by atoms with E-state index in [0.717, 1.165) is 50.1 Å². The summed E-state index contributed by atoms with van der Waals surface area (Å²) in [5.41, 5.74) is 4.50. The number of aryl methyl sites for hydroxylation is 2. The maximum atomic E-state index is 14.0. The van der Waals surface area contributed by atoms with Crippen molar-refractivity contribution < 1.29 is 4.74 Å². The molecule has 0 amide bonds. The van der Waals surface area contributed by atoms with Gasteiger partial charge in [-0.15, -0.1) is 11.3 Å². The van der Waals surface area contributed by atoms with E-state index in [0.29, 0.717) is 12.5 Å². The summed E-state index contributed by atoms with van der Waals surface area (Å²) in [4.78, 5) is 21.0. The van der Waals surface area contributed by atoms with Crippen molar-refractivity contribution in [1.82, 2.24) is 9.55 Å². The van der Waals surface area contributed by atoms with Crippen LogP contribution in [0.2, 0.25) is 0 Å². The van der Waals surface area contributed by atoms with E-state index in [1.165, 1.54) is 11.1 Å². The van der Waals surface area contributed by atoms with Crippen LogP contribution in [-0.4, -0.2) is 21.4 Å². The van der Waals surface area contributed by atoms with E-state index < -0.39 is 0 Å². The first-order valence-corrected chi connectivity index (χ1v) is 13.2. The lowest BCUT2D eigenvalue weighted by molar-refractivity contribution is 0.00200. The molecule has 0 radical (unpaired) electrons. The van der Waals surface area contributed by atoms with Crippen molar-refractivity contribution >= 4 is 33.3 Å². The molecule has 1 aliphatic heterocycles. The number of nitrogens with zero attached hydrogens (tertiary/aromatic N) is 2. The summed E-state index contributed by atoms with van der Waals surface area (Å²) in [6, 6.07) is 18.6. The number of thioether (sulfide) groups is 1. The molecule has 170 valence electrons. The summed E-state index contributed by atoms with van der Waals surface area (Å²) in [7, 11) is 0. The molecule has 0 aliphatic carbocycles. The van der Waals surface area contributed by atoms with E-state index in [-0.39, 0.29) is 11.7 Å². The zero-order valence-corrected chi connectivity index (χ0v) is 20.8. The van der Waals surface area contributed by atoms with Gasteiger partial charge in [0, 0.05) is 17.1 Å². The molecule has 0 saturated heterocycles. The van der Waals surface area contributed by atoms with Crippen molar-refractivity contribution in [3.63, 3.8) is 0 Å². The van der Waals surface area contributed by atoms with Crippen LogP contribution in [0.1, 0.15) is 35.4 Å². The Morgan fingerprint density at radius 3 is 2.64 bits per heavy atom. The third kappa shape index (κ3) is 4.52. The fraction of sp³-hybridized carbons (Fsp3) is 0.333. The molecular weight excluding hydrogens is 448 g/mol. The van der Waals surface area contributed by atoms with E-state index in [1.54, 1.807) is 23.1 Å². The van der Waals surface area contributed by atoms with E-state index >= 15 is 0 Å². The first kappa shape index (κ1) is 22.4. The second-order valence-corrected chi connectivity index (χ2v) is 11.1. The average molecular weight is 477 g/mol. The molecule has 1 atom stereocenters. The molecule has 0 fully saturated rings. The lowest BCUT2D eigenvalue weighted by Gasteiger charge is -2.26. The van der Waals surface area contributed by atoms with Gasteiger partial charge in [0.15, 0.2) is 5.16 Å². The van der Waals surface area contributed by atoms with Crippen LogP contribution in [0.3, 0.4) is 0 Å². The molecule has 1 unspecified atom stereocenters. The quantitative estimate of drug-likeness (QED) is 0.246. The molecule has 0 N–H and O–H groups in total. The number of aromatic nitrogens is 2. The molecule has 0 saturated carbocycles. The summed E-state index contributed by atoms with van der Waals surface area (Å²) >= 11 is 3.26. The number of thiophene rings is 1. The Balaban J connectivity index is 1.58. The van der Waals surface area contributed by atoms with Gasteiger partial charge >= 0.3 is 0 Å². The van der Waals surface area contributed by atoms with Gasteiger partial charge < -0.3 is 4.74 Å². The molecule has 6 heteroatoms. The molecule has 0 spiro atoms. The minimum atomic E-state index is 0.0352. The normalized spacial score (nSPS) is 15.8. The number of ether oxygens (including phenoxy) is 1. The average Bonchev–Trinajstić information content (AvgIpc) is 3.18. The highest BCUT2D eigenvalue weighted by atomic mass is 32.2. The van der Waals surface area contributed by atoms with Crippen LogP contribution in [0.5, 0.6) is 0 Å². The van der Waals surface area contributed by atoms with Crippen LogP contribution in [-0.2, 0) is 24.2 Å². The molecule has 2 aromatic heterocycles. The summed E-state index contributed by atoms with van der Waals surface area (Å²) in [5.74, 6) is 1.27. The second-order valence-electron chi connectivity index (χ2n) is 8.94. The minimum Gasteiger partial charge on any atom is -0.372 e. The predicted molar refractivity (Wildman–Crippen MR) is 138 cm³/mol. The summed E-state index contributed by atoms with van der Waals surface area (Å²) in [6.45, 7) is 6.98. The fourth-order valence-electron chi connectivity index (χ4n) is 4.26. The minimum absolute atomic E-state index is 0.0352. The van der Waals surface area contributed by atoms with Gasteiger partial charge in [0.1, 0.15) is 4.83 Å². The summed E-state index contributed by atoms with van der Waals surface area (Å²) in [5, 5.41) is 1.53. The van der Waals surface area contributed by atoms with Gasteiger partial charge in [-0.05, 0) is 42.5 Å². The third-order valence-corrected chi connectivity index (χ3v) is 8.25. The van der Waals surface area contributed by atoms with Gasteiger partial charge in [0.2, 0.25) is 0 Å². The van der Waals surface area contributed by atoms with Crippen molar-refractivity contribution in [2.75, 3.05) is 5.75 Å². The molecule has 0 bridgehead atoms. The Morgan fingerprint density at radius 1 is 1.15 bits per heavy atom. The highest BCUT2D eigenvalue weighted by Gasteiger charge is 2.28. The Labute approximate surface area is 202 Å². The topological polar surface area (TPSA) is 44.1 Å². The third-order valence-electron chi connectivity index (χ3n) is 6.21. The number of fused-ring (bicyclic) bond motifs is 3. The highest BCUT2D eigenvalue weighted by molar-refractivity contribution is 7.99. The molecule has 4 nitrogen and oxygen atoms in total. The lowest BCUT2D eigenvalue weighted by atomic mass is 9.96. The maximum Gasteiger partial charge on any atom is 0.267 e. The van der Waals surface area contributed by atoms with Crippen LogP contribution in [0, 0.1) is 12.8 Å². The van der Waals surface area contributed by atoms with Gasteiger partial charge in [-0.3, -0.25) is 9.36 Å². The monoisotopic (exact) mass is 476 g/mol. The summed E-state index contributed by atoms with van der Waals surface area (Å²) < 4.78 is 7.89. The standard InChI is InChI=1S/C27H28N2O2S2/c1-17(2)22-15-21-23(16-31-22)33-25-24(21)26(30)29(20-11-9-18(3)10-12-20)27(28-25)32-14-13-19-7-5-4-6-8-19/h4-12,17,22H,13-16H2,1-3H3. The zero-order chi connectivity index (χ0) is 22.9. The zero-order valence-electron chi connectivity index (χ0n) is 19.2. The van der Waals surface area contributed by atoms with E-state index in [1.807, 2.05) is 22.8 Å². The molecule has 1 aliphatic rings. The number of benzene rings is 2.